The second kappa shape index (κ2) is 6.18. The summed E-state index contributed by atoms with van der Waals surface area (Å²) in [5.41, 5.74) is 1.93. The van der Waals surface area contributed by atoms with Crippen molar-refractivity contribution in [1.29, 1.82) is 0 Å². The van der Waals surface area contributed by atoms with Gasteiger partial charge in [0.15, 0.2) is 5.78 Å². The Morgan fingerprint density at radius 3 is 2.84 bits per heavy atom. The SMILES string of the molecule is CCOC(=O)c1ccccc1NC=C1CCCC1=O. The van der Waals surface area contributed by atoms with Crippen LogP contribution in [0.3, 0.4) is 0 Å². The van der Waals surface area contributed by atoms with E-state index >= 15 is 0 Å². The maximum absolute atomic E-state index is 11.8. The lowest BCUT2D eigenvalue weighted by Gasteiger charge is -2.08. The average Bonchev–Trinajstić information content (AvgIpc) is 2.82. The molecule has 1 aromatic rings. The Balaban J connectivity index is 2.16. The van der Waals surface area contributed by atoms with E-state index in [0.29, 0.717) is 24.3 Å². The van der Waals surface area contributed by atoms with E-state index in [1.165, 1.54) is 0 Å². The minimum atomic E-state index is -0.359. The molecule has 1 aliphatic rings. The van der Waals surface area contributed by atoms with Crippen molar-refractivity contribution >= 4 is 17.4 Å². The van der Waals surface area contributed by atoms with Crippen molar-refractivity contribution in [1.82, 2.24) is 0 Å². The molecular formula is C15H17NO3. The number of esters is 1. The molecule has 1 saturated carbocycles. The highest BCUT2D eigenvalue weighted by atomic mass is 16.5. The Labute approximate surface area is 112 Å². The summed E-state index contributed by atoms with van der Waals surface area (Å²) in [6.45, 7) is 2.11. The van der Waals surface area contributed by atoms with Gasteiger partial charge in [-0.05, 0) is 31.9 Å². The normalized spacial score (nSPS) is 16.7. The van der Waals surface area contributed by atoms with Crippen LogP contribution in [0.5, 0.6) is 0 Å². The lowest BCUT2D eigenvalue weighted by Crippen LogP contribution is -2.08. The van der Waals surface area contributed by atoms with Crippen molar-refractivity contribution in [3.8, 4) is 0 Å². The highest BCUT2D eigenvalue weighted by Gasteiger charge is 2.17. The molecule has 0 heterocycles. The van der Waals surface area contributed by atoms with Crippen LogP contribution in [0.25, 0.3) is 0 Å². The first-order valence-electron chi connectivity index (χ1n) is 6.47. The largest absolute Gasteiger partial charge is 0.462 e. The predicted molar refractivity (Wildman–Crippen MR) is 73.0 cm³/mol. The molecule has 1 aromatic carbocycles. The molecule has 0 radical (unpaired) electrons. The maximum atomic E-state index is 11.8. The second-order valence-electron chi connectivity index (χ2n) is 4.36. The smallest absolute Gasteiger partial charge is 0.340 e. The first-order valence-corrected chi connectivity index (χ1v) is 6.47. The summed E-state index contributed by atoms with van der Waals surface area (Å²) in [5, 5.41) is 3.04. The van der Waals surface area contributed by atoms with Gasteiger partial charge in [-0.25, -0.2) is 4.79 Å². The van der Waals surface area contributed by atoms with E-state index in [1.54, 1.807) is 31.3 Å². The number of hydrogen-bond acceptors (Lipinski definition) is 4. The van der Waals surface area contributed by atoms with Crippen LogP contribution in [0.1, 0.15) is 36.5 Å². The summed E-state index contributed by atoms with van der Waals surface area (Å²) in [5.74, 6) is -0.178. The third kappa shape index (κ3) is 3.22. The number of carbonyl (C=O) groups excluding carboxylic acids is 2. The van der Waals surface area contributed by atoms with E-state index in [4.69, 9.17) is 4.74 Å². The van der Waals surface area contributed by atoms with Crippen LogP contribution in [-0.2, 0) is 9.53 Å². The summed E-state index contributed by atoms with van der Waals surface area (Å²) >= 11 is 0. The minimum absolute atomic E-state index is 0.182. The Bertz CT molecular complexity index is 520. The van der Waals surface area contributed by atoms with Gasteiger partial charge in [0.1, 0.15) is 0 Å². The van der Waals surface area contributed by atoms with Gasteiger partial charge in [-0.15, -0.1) is 0 Å². The molecule has 0 aliphatic heterocycles. The highest BCUT2D eigenvalue weighted by molar-refractivity contribution is 5.98. The van der Waals surface area contributed by atoms with Gasteiger partial charge in [-0.1, -0.05) is 12.1 Å². The zero-order valence-electron chi connectivity index (χ0n) is 10.9. The molecule has 2 rings (SSSR count). The number of rotatable bonds is 4. The summed E-state index contributed by atoms with van der Waals surface area (Å²) in [7, 11) is 0. The molecule has 100 valence electrons. The van der Waals surface area contributed by atoms with E-state index in [0.717, 1.165) is 18.4 Å². The molecule has 1 fully saturated rings. The van der Waals surface area contributed by atoms with Crippen LogP contribution in [-0.4, -0.2) is 18.4 Å². The summed E-state index contributed by atoms with van der Waals surface area (Å²) in [4.78, 5) is 23.3. The molecule has 0 spiro atoms. The van der Waals surface area contributed by atoms with Crippen molar-refractivity contribution in [2.45, 2.75) is 26.2 Å². The van der Waals surface area contributed by atoms with E-state index in [-0.39, 0.29) is 11.8 Å². The van der Waals surface area contributed by atoms with Crippen molar-refractivity contribution in [2.24, 2.45) is 0 Å². The molecule has 0 saturated heterocycles. The second-order valence-corrected chi connectivity index (χ2v) is 4.36. The fourth-order valence-electron chi connectivity index (χ4n) is 2.05. The first kappa shape index (κ1) is 13.3. The van der Waals surface area contributed by atoms with E-state index in [2.05, 4.69) is 5.32 Å². The average molecular weight is 259 g/mol. The Kier molecular flexibility index (Phi) is 4.34. The van der Waals surface area contributed by atoms with Crippen molar-refractivity contribution < 1.29 is 14.3 Å². The molecule has 1 aliphatic carbocycles. The summed E-state index contributed by atoms with van der Waals surface area (Å²) in [6.07, 6.45) is 4.03. The molecule has 19 heavy (non-hydrogen) atoms. The lowest BCUT2D eigenvalue weighted by molar-refractivity contribution is -0.114. The zero-order valence-corrected chi connectivity index (χ0v) is 10.9. The molecule has 0 amide bonds. The number of Topliss-reactive ketones (excluding diaryl/α,β-unsaturated/α-hetero) is 1. The van der Waals surface area contributed by atoms with E-state index in [9.17, 15) is 9.59 Å². The fraction of sp³-hybridized carbons (Fsp3) is 0.333. The summed E-state index contributed by atoms with van der Waals surface area (Å²) < 4.78 is 4.99. The molecule has 1 N–H and O–H groups in total. The predicted octanol–water partition coefficient (Wildman–Crippen LogP) is 2.91. The van der Waals surface area contributed by atoms with Crippen LogP contribution in [0.4, 0.5) is 5.69 Å². The topological polar surface area (TPSA) is 55.4 Å². The van der Waals surface area contributed by atoms with Crippen LogP contribution in [0.15, 0.2) is 36.0 Å². The number of ether oxygens (including phenoxy) is 1. The number of carbonyl (C=O) groups is 2. The third-order valence-electron chi connectivity index (χ3n) is 3.03. The van der Waals surface area contributed by atoms with Crippen LogP contribution in [0.2, 0.25) is 0 Å². The van der Waals surface area contributed by atoms with Gasteiger partial charge in [0.05, 0.1) is 17.9 Å². The molecular weight excluding hydrogens is 242 g/mol. The quantitative estimate of drug-likeness (QED) is 0.667. The van der Waals surface area contributed by atoms with E-state index in [1.807, 2.05) is 6.07 Å². The molecule has 0 aromatic heterocycles. The van der Waals surface area contributed by atoms with Crippen molar-refractivity contribution in [2.75, 3.05) is 11.9 Å². The Morgan fingerprint density at radius 2 is 2.16 bits per heavy atom. The highest BCUT2D eigenvalue weighted by Crippen LogP contribution is 2.22. The minimum Gasteiger partial charge on any atom is -0.462 e. The molecule has 4 heteroatoms. The van der Waals surface area contributed by atoms with Gasteiger partial charge in [-0.3, -0.25) is 4.79 Å². The summed E-state index contributed by atoms with van der Waals surface area (Å²) in [6, 6.07) is 7.11. The van der Waals surface area contributed by atoms with Gasteiger partial charge in [0.25, 0.3) is 0 Å². The zero-order chi connectivity index (χ0) is 13.7. The molecule has 4 nitrogen and oxygen atoms in total. The Morgan fingerprint density at radius 1 is 1.37 bits per heavy atom. The Hall–Kier alpha value is -2.10. The third-order valence-corrected chi connectivity index (χ3v) is 3.03. The number of nitrogens with one attached hydrogen (secondary N) is 1. The van der Waals surface area contributed by atoms with Gasteiger partial charge in [-0.2, -0.15) is 0 Å². The number of benzene rings is 1. The van der Waals surface area contributed by atoms with Crippen molar-refractivity contribution in [3.05, 3.63) is 41.6 Å². The van der Waals surface area contributed by atoms with Crippen molar-refractivity contribution in [3.63, 3.8) is 0 Å². The standard InChI is InChI=1S/C15H17NO3/c1-2-19-15(18)12-7-3-4-8-13(12)16-10-11-6-5-9-14(11)17/h3-4,7-8,10,16H,2,5-6,9H2,1H3. The number of allylic oxidation sites excluding steroid dienone is 1. The number of para-hydroxylation sites is 1. The number of hydrogen-bond donors (Lipinski definition) is 1. The molecule has 0 atom stereocenters. The van der Waals surface area contributed by atoms with Gasteiger partial charge >= 0.3 is 5.97 Å². The molecule has 0 unspecified atom stereocenters. The van der Waals surface area contributed by atoms with Crippen LogP contribution < -0.4 is 5.32 Å². The lowest BCUT2D eigenvalue weighted by atomic mass is 10.1. The van der Waals surface area contributed by atoms with Crippen LogP contribution >= 0.6 is 0 Å². The molecule has 0 bridgehead atoms. The van der Waals surface area contributed by atoms with Crippen LogP contribution in [0, 0.1) is 0 Å². The van der Waals surface area contributed by atoms with E-state index < -0.39 is 0 Å². The first-order chi connectivity index (χ1) is 9.22. The fourth-order valence-corrected chi connectivity index (χ4v) is 2.05. The monoisotopic (exact) mass is 259 g/mol. The van der Waals surface area contributed by atoms with Gasteiger partial charge in [0, 0.05) is 18.2 Å². The number of ketones is 1. The maximum Gasteiger partial charge on any atom is 0.340 e. The van der Waals surface area contributed by atoms with Gasteiger partial charge in [0.2, 0.25) is 0 Å². The van der Waals surface area contributed by atoms with Gasteiger partial charge < -0.3 is 10.1 Å². The number of anilines is 1.